The average molecular weight is 298 g/mol. The number of nitrogen functional groups attached to an aromatic ring is 1. The van der Waals surface area contributed by atoms with Gasteiger partial charge in [-0.25, -0.2) is 4.79 Å². The molecule has 22 heavy (non-hydrogen) atoms. The second-order valence-electron chi connectivity index (χ2n) is 4.78. The summed E-state index contributed by atoms with van der Waals surface area (Å²) < 4.78 is 4.93. The molecule has 5 heteroatoms. The van der Waals surface area contributed by atoms with Crippen molar-refractivity contribution in [1.82, 2.24) is 0 Å². The summed E-state index contributed by atoms with van der Waals surface area (Å²) in [6.07, 6.45) is 0. The third kappa shape index (κ3) is 3.63. The Kier molecular flexibility index (Phi) is 4.78. The fourth-order valence-corrected chi connectivity index (χ4v) is 1.99. The Morgan fingerprint density at radius 3 is 2.55 bits per heavy atom. The van der Waals surface area contributed by atoms with Crippen molar-refractivity contribution in [2.45, 2.75) is 13.8 Å². The van der Waals surface area contributed by atoms with Crippen LogP contribution in [0.2, 0.25) is 0 Å². The van der Waals surface area contributed by atoms with Crippen LogP contribution < -0.4 is 11.1 Å². The number of hydrogen-bond donors (Lipinski definition) is 2. The minimum absolute atomic E-state index is 0.00530. The van der Waals surface area contributed by atoms with Crippen LogP contribution in [0.25, 0.3) is 0 Å². The first-order chi connectivity index (χ1) is 10.5. The van der Waals surface area contributed by atoms with Crippen LogP contribution in [0.15, 0.2) is 42.5 Å². The molecule has 0 aromatic heterocycles. The lowest BCUT2D eigenvalue weighted by Gasteiger charge is -2.11. The summed E-state index contributed by atoms with van der Waals surface area (Å²) in [6.45, 7) is 3.58. The van der Waals surface area contributed by atoms with Gasteiger partial charge in [0.15, 0.2) is 5.78 Å². The van der Waals surface area contributed by atoms with E-state index >= 15 is 0 Å². The molecule has 0 atom stereocenters. The molecule has 0 heterocycles. The number of Topliss-reactive ketones (excluding diaryl/α,β-unsaturated/α-hetero) is 1. The Bertz CT molecular complexity index is 711. The van der Waals surface area contributed by atoms with Crippen LogP contribution in [-0.4, -0.2) is 18.4 Å². The molecule has 0 radical (unpaired) electrons. The lowest BCUT2D eigenvalue weighted by molar-refractivity contribution is 0.0526. The maximum absolute atomic E-state index is 11.7. The molecule has 114 valence electrons. The van der Waals surface area contributed by atoms with E-state index in [1.165, 1.54) is 6.92 Å². The topological polar surface area (TPSA) is 81.4 Å². The lowest BCUT2D eigenvalue weighted by Crippen LogP contribution is -2.06. The van der Waals surface area contributed by atoms with Gasteiger partial charge in [-0.05, 0) is 44.2 Å². The van der Waals surface area contributed by atoms with Gasteiger partial charge in [0, 0.05) is 11.3 Å². The van der Waals surface area contributed by atoms with Crippen molar-refractivity contribution < 1.29 is 14.3 Å². The molecule has 5 nitrogen and oxygen atoms in total. The second kappa shape index (κ2) is 6.76. The number of rotatable bonds is 5. The van der Waals surface area contributed by atoms with Crippen LogP contribution in [0.5, 0.6) is 0 Å². The summed E-state index contributed by atoms with van der Waals surface area (Å²) in [5, 5.41) is 3.14. The molecule has 0 bridgehead atoms. The highest BCUT2D eigenvalue weighted by molar-refractivity contribution is 5.95. The Morgan fingerprint density at radius 2 is 1.91 bits per heavy atom. The van der Waals surface area contributed by atoms with E-state index in [2.05, 4.69) is 5.32 Å². The molecule has 2 aromatic carbocycles. The quantitative estimate of drug-likeness (QED) is 0.502. The van der Waals surface area contributed by atoms with Crippen molar-refractivity contribution in [2.24, 2.45) is 0 Å². The fourth-order valence-electron chi connectivity index (χ4n) is 1.99. The van der Waals surface area contributed by atoms with Crippen LogP contribution in [0.3, 0.4) is 0 Å². The number of carbonyl (C=O) groups excluding carboxylic acids is 2. The van der Waals surface area contributed by atoms with Gasteiger partial charge in [-0.3, -0.25) is 4.79 Å². The first-order valence-corrected chi connectivity index (χ1v) is 6.96. The Hall–Kier alpha value is -2.82. The zero-order valence-corrected chi connectivity index (χ0v) is 12.6. The Morgan fingerprint density at radius 1 is 1.14 bits per heavy atom. The molecule has 0 saturated carbocycles. The maximum atomic E-state index is 11.7. The van der Waals surface area contributed by atoms with Crippen LogP contribution in [0.1, 0.15) is 34.6 Å². The molecule has 0 aliphatic heterocycles. The third-order valence-electron chi connectivity index (χ3n) is 3.11. The van der Waals surface area contributed by atoms with Gasteiger partial charge in [0.25, 0.3) is 0 Å². The first-order valence-electron chi connectivity index (χ1n) is 6.96. The van der Waals surface area contributed by atoms with E-state index in [1.54, 1.807) is 43.3 Å². The summed E-state index contributed by atoms with van der Waals surface area (Å²) in [7, 11) is 0. The monoisotopic (exact) mass is 298 g/mol. The number of ether oxygens (including phenoxy) is 1. The maximum Gasteiger partial charge on any atom is 0.338 e. The van der Waals surface area contributed by atoms with E-state index in [-0.39, 0.29) is 5.78 Å². The van der Waals surface area contributed by atoms with Gasteiger partial charge in [-0.15, -0.1) is 0 Å². The highest BCUT2D eigenvalue weighted by atomic mass is 16.5. The minimum atomic E-state index is -0.403. The molecule has 0 unspecified atom stereocenters. The number of ketones is 1. The van der Waals surface area contributed by atoms with Crippen LogP contribution in [0.4, 0.5) is 17.1 Å². The average Bonchev–Trinajstić information content (AvgIpc) is 2.50. The molecular weight excluding hydrogens is 280 g/mol. The van der Waals surface area contributed by atoms with Gasteiger partial charge in [-0.1, -0.05) is 12.1 Å². The highest BCUT2D eigenvalue weighted by Crippen LogP contribution is 2.25. The summed E-state index contributed by atoms with van der Waals surface area (Å²) in [6, 6.07) is 12.1. The highest BCUT2D eigenvalue weighted by Gasteiger charge is 2.09. The minimum Gasteiger partial charge on any atom is -0.462 e. The van der Waals surface area contributed by atoms with Crippen molar-refractivity contribution in [2.75, 3.05) is 17.7 Å². The van der Waals surface area contributed by atoms with E-state index < -0.39 is 5.97 Å². The van der Waals surface area contributed by atoms with Crippen molar-refractivity contribution in [3.63, 3.8) is 0 Å². The number of benzene rings is 2. The second-order valence-corrected chi connectivity index (χ2v) is 4.78. The largest absolute Gasteiger partial charge is 0.462 e. The zero-order chi connectivity index (χ0) is 16.1. The Labute approximate surface area is 129 Å². The molecule has 3 N–H and O–H groups in total. The fraction of sp³-hybridized carbons (Fsp3) is 0.176. The predicted molar refractivity (Wildman–Crippen MR) is 86.5 cm³/mol. The van der Waals surface area contributed by atoms with Crippen molar-refractivity contribution in [1.29, 1.82) is 0 Å². The first kappa shape index (κ1) is 15.6. The molecule has 0 amide bonds. The molecule has 0 aliphatic carbocycles. The van der Waals surface area contributed by atoms with Crippen LogP contribution in [-0.2, 0) is 4.74 Å². The van der Waals surface area contributed by atoms with Gasteiger partial charge in [0.05, 0.1) is 23.5 Å². The SMILES string of the molecule is CCOC(=O)c1ccc(Nc2cccc(C(C)=O)c2)c(N)c1. The molecule has 0 fully saturated rings. The van der Waals surface area contributed by atoms with E-state index in [1.807, 2.05) is 6.07 Å². The number of nitrogens with one attached hydrogen (secondary N) is 1. The normalized spacial score (nSPS) is 10.1. The molecular formula is C17H18N2O3. The van der Waals surface area contributed by atoms with Gasteiger partial charge < -0.3 is 15.8 Å². The lowest BCUT2D eigenvalue weighted by atomic mass is 10.1. The summed E-state index contributed by atoms with van der Waals surface area (Å²) in [5.74, 6) is -0.409. The van der Waals surface area contributed by atoms with Gasteiger partial charge in [-0.2, -0.15) is 0 Å². The van der Waals surface area contributed by atoms with E-state index in [0.29, 0.717) is 29.1 Å². The van der Waals surface area contributed by atoms with Crippen molar-refractivity contribution in [3.05, 3.63) is 53.6 Å². The number of hydrogen-bond acceptors (Lipinski definition) is 5. The van der Waals surface area contributed by atoms with Gasteiger partial charge in [0.2, 0.25) is 0 Å². The molecule has 2 rings (SSSR count). The molecule has 2 aromatic rings. The van der Waals surface area contributed by atoms with Crippen molar-refractivity contribution in [3.8, 4) is 0 Å². The van der Waals surface area contributed by atoms with Gasteiger partial charge >= 0.3 is 5.97 Å². The smallest absolute Gasteiger partial charge is 0.338 e. The van der Waals surface area contributed by atoms with Gasteiger partial charge in [0.1, 0.15) is 0 Å². The predicted octanol–water partition coefficient (Wildman–Crippen LogP) is 3.39. The molecule has 0 aliphatic rings. The summed E-state index contributed by atoms with van der Waals surface area (Å²) >= 11 is 0. The number of nitrogens with two attached hydrogens (primary N) is 1. The van der Waals surface area contributed by atoms with E-state index in [4.69, 9.17) is 10.5 Å². The third-order valence-corrected chi connectivity index (χ3v) is 3.11. The standard InChI is InChI=1S/C17H18N2O3/c1-3-22-17(21)13-7-8-16(15(18)10-13)19-14-6-4-5-12(9-14)11(2)20/h4-10,19H,3,18H2,1-2H3. The summed E-state index contributed by atoms with van der Waals surface area (Å²) in [5.41, 5.74) is 8.83. The number of carbonyl (C=O) groups is 2. The number of esters is 1. The van der Waals surface area contributed by atoms with Crippen molar-refractivity contribution >= 4 is 28.8 Å². The van der Waals surface area contributed by atoms with Crippen LogP contribution in [0, 0.1) is 0 Å². The van der Waals surface area contributed by atoms with E-state index in [9.17, 15) is 9.59 Å². The molecule has 0 spiro atoms. The zero-order valence-electron chi connectivity index (χ0n) is 12.6. The Balaban J connectivity index is 2.22. The number of anilines is 3. The summed E-state index contributed by atoms with van der Waals surface area (Å²) in [4.78, 5) is 23.0. The molecule has 0 saturated heterocycles. The van der Waals surface area contributed by atoms with E-state index in [0.717, 1.165) is 5.69 Å². The van der Waals surface area contributed by atoms with Crippen LogP contribution >= 0.6 is 0 Å².